The molecule has 0 unspecified atom stereocenters. The van der Waals surface area contributed by atoms with Gasteiger partial charge in [-0.05, 0) is 25.8 Å². The van der Waals surface area contributed by atoms with Crippen LogP contribution in [0, 0.1) is 17.0 Å². The third kappa shape index (κ3) is 5.21. The Bertz CT molecular complexity index is 477. The Kier molecular flexibility index (Phi) is 6.42. The zero-order valence-corrected chi connectivity index (χ0v) is 11.5. The highest BCUT2D eigenvalue weighted by Crippen LogP contribution is 2.25. The summed E-state index contributed by atoms with van der Waals surface area (Å²) < 4.78 is 0. The van der Waals surface area contributed by atoms with Crippen LogP contribution in [0.25, 0.3) is 0 Å². The highest BCUT2D eigenvalue weighted by atomic mass is 16.6. The normalized spacial score (nSPS) is 10.2. The number of pyridine rings is 1. The van der Waals surface area contributed by atoms with Crippen molar-refractivity contribution in [3.05, 3.63) is 27.9 Å². The van der Waals surface area contributed by atoms with Crippen molar-refractivity contribution in [3.8, 4) is 0 Å². The summed E-state index contributed by atoms with van der Waals surface area (Å²) in [6.07, 6.45) is 4.96. The fraction of sp³-hybridized carbons (Fsp3) is 0.538. The Morgan fingerprint density at radius 3 is 2.75 bits per heavy atom. The summed E-state index contributed by atoms with van der Waals surface area (Å²) in [7, 11) is 0. The van der Waals surface area contributed by atoms with Crippen LogP contribution in [-0.4, -0.2) is 27.5 Å². The summed E-state index contributed by atoms with van der Waals surface area (Å²) in [6, 6.07) is 1.61. The van der Waals surface area contributed by atoms with Gasteiger partial charge in [-0.25, -0.2) is 4.98 Å². The lowest BCUT2D eigenvalue weighted by Crippen LogP contribution is -2.07. The van der Waals surface area contributed by atoms with E-state index >= 15 is 0 Å². The number of carboxylic acids is 1. The average Bonchev–Trinajstić information content (AvgIpc) is 2.36. The van der Waals surface area contributed by atoms with Gasteiger partial charge in [-0.15, -0.1) is 0 Å². The van der Waals surface area contributed by atoms with Crippen LogP contribution in [0.15, 0.2) is 12.3 Å². The maximum atomic E-state index is 11.0. The van der Waals surface area contributed by atoms with Crippen LogP contribution in [0.1, 0.15) is 37.7 Å². The van der Waals surface area contributed by atoms with E-state index in [9.17, 15) is 14.9 Å². The van der Waals surface area contributed by atoms with Crippen LogP contribution in [-0.2, 0) is 4.79 Å². The first-order valence-electron chi connectivity index (χ1n) is 6.58. The molecule has 0 radical (unpaired) electrons. The van der Waals surface area contributed by atoms with Crippen molar-refractivity contribution >= 4 is 17.5 Å². The number of unbranched alkanes of at least 4 members (excludes halogenated alkanes) is 3. The van der Waals surface area contributed by atoms with Crippen molar-refractivity contribution < 1.29 is 14.8 Å². The topological polar surface area (TPSA) is 105 Å². The fourth-order valence-electron chi connectivity index (χ4n) is 1.87. The Labute approximate surface area is 117 Å². The van der Waals surface area contributed by atoms with E-state index in [0.717, 1.165) is 19.3 Å². The van der Waals surface area contributed by atoms with Gasteiger partial charge in [0.2, 0.25) is 5.82 Å². The Hall–Kier alpha value is -2.18. The number of aromatic nitrogens is 1. The second-order valence-electron chi connectivity index (χ2n) is 4.57. The van der Waals surface area contributed by atoms with Gasteiger partial charge in [-0.2, -0.15) is 0 Å². The molecule has 7 heteroatoms. The molecule has 20 heavy (non-hydrogen) atoms. The second kappa shape index (κ2) is 8.08. The molecule has 0 aromatic carbocycles. The highest BCUT2D eigenvalue weighted by Gasteiger charge is 2.17. The molecular weight excluding hydrogens is 262 g/mol. The average molecular weight is 281 g/mol. The van der Waals surface area contributed by atoms with Gasteiger partial charge < -0.3 is 10.4 Å². The lowest BCUT2D eigenvalue weighted by Gasteiger charge is -2.07. The summed E-state index contributed by atoms with van der Waals surface area (Å²) in [4.78, 5) is 24.8. The van der Waals surface area contributed by atoms with E-state index in [1.54, 1.807) is 13.0 Å². The Balaban J connectivity index is 2.34. The van der Waals surface area contributed by atoms with Crippen molar-refractivity contribution in [2.75, 3.05) is 11.9 Å². The molecule has 0 aliphatic rings. The summed E-state index contributed by atoms with van der Waals surface area (Å²) in [5.74, 6) is -0.483. The zero-order valence-electron chi connectivity index (χ0n) is 11.5. The van der Waals surface area contributed by atoms with E-state index in [1.165, 1.54) is 6.20 Å². The standard InChI is InChI=1S/C13H19N3O4/c1-10-7-9-15-13(12(10)16(19)20)14-8-5-3-2-4-6-11(17)18/h7,9H,2-6,8H2,1H3,(H,14,15)(H,17,18). The van der Waals surface area contributed by atoms with E-state index in [2.05, 4.69) is 10.3 Å². The molecule has 1 aromatic heterocycles. The molecule has 110 valence electrons. The molecule has 0 amide bonds. The fourth-order valence-corrected chi connectivity index (χ4v) is 1.87. The lowest BCUT2D eigenvalue weighted by molar-refractivity contribution is -0.384. The largest absolute Gasteiger partial charge is 0.481 e. The van der Waals surface area contributed by atoms with Crippen LogP contribution in [0.2, 0.25) is 0 Å². The number of rotatable bonds is 9. The van der Waals surface area contributed by atoms with Gasteiger partial charge in [0.1, 0.15) is 0 Å². The van der Waals surface area contributed by atoms with Crippen molar-refractivity contribution in [2.24, 2.45) is 0 Å². The smallest absolute Gasteiger partial charge is 0.314 e. The number of carboxylic acid groups (broad SMARTS) is 1. The highest BCUT2D eigenvalue weighted by molar-refractivity contribution is 5.66. The summed E-state index contributed by atoms with van der Waals surface area (Å²) in [6.45, 7) is 2.27. The van der Waals surface area contributed by atoms with E-state index in [0.29, 0.717) is 24.3 Å². The predicted octanol–water partition coefficient (Wildman–Crippen LogP) is 2.75. The minimum absolute atomic E-state index is 0.0124. The van der Waals surface area contributed by atoms with Crippen LogP contribution >= 0.6 is 0 Å². The van der Waals surface area contributed by atoms with E-state index in [-0.39, 0.29) is 12.1 Å². The number of nitro groups is 1. The predicted molar refractivity (Wildman–Crippen MR) is 74.8 cm³/mol. The number of aliphatic carboxylic acids is 1. The monoisotopic (exact) mass is 281 g/mol. The number of nitrogens with one attached hydrogen (secondary N) is 1. The summed E-state index contributed by atoms with van der Waals surface area (Å²) in [5, 5.41) is 22.4. The molecule has 1 heterocycles. The lowest BCUT2D eigenvalue weighted by atomic mass is 10.1. The van der Waals surface area contributed by atoms with Crippen molar-refractivity contribution in [1.82, 2.24) is 4.98 Å². The third-order valence-corrected chi connectivity index (χ3v) is 2.92. The van der Waals surface area contributed by atoms with Crippen molar-refractivity contribution in [1.29, 1.82) is 0 Å². The number of anilines is 1. The first-order valence-corrected chi connectivity index (χ1v) is 6.58. The zero-order chi connectivity index (χ0) is 15.0. The number of nitrogens with zero attached hydrogens (tertiary/aromatic N) is 2. The quantitative estimate of drug-likeness (QED) is 0.409. The van der Waals surface area contributed by atoms with Crippen molar-refractivity contribution in [3.63, 3.8) is 0 Å². The minimum Gasteiger partial charge on any atom is -0.481 e. The molecule has 0 aliphatic carbocycles. The molecule has 1 aromatic rings. The van der Waals surface area contributed by atoms with E-state index in [4.69, 9.17) is 5.11 Å². The summed E-state index contributed by atoms with van der Waals surface area (Å²) in [5.41, 5.74) is 0.590. The van der Waals surface area contributed by atoms with Gasteiger partial charge in [0.05, 0.1) is 4.92 Å². The summed E-state index contributed by atoms with van der Waals surface area (Å²) >= 11 is 0. The molecule has 0 fully saturated rings. The van der Waals surface area contributed by atoms with E-state index in [1.807, 2.05) is 0 Å². The van der Waals surface area contributed by atoms with Gasteiger partial charge in [-0.3, -0.25) is 14.9 Å². The van der Waals surface area contributed by atoms with Gasteiger partial charge in [0, 0.05) is 24.7 Å². The SMILES string of the molecule is Cc1ccnc(NCCCCCCC(=O)O)c1[N+](=O)[O-]. The molecule has 1 rings (SSSR count). The van der Waals surface area contributed by atoms with Gasteiger partial charge in [0.25, 0.3) is 0 Å². The molecule has 0 saturated carbocycles. The molecular formula is C13H19N3O4. The molecule has 0 bridgehead atoms. The van der Waals surface area contributed by atoms with Gasteiger partial charge >= 0.3 is 11.7 Å². The molecule has 7 nitrogen and oxygen atoms in total. The van der Waals surface area contributed by atoms with Crippen LogP contribution in [0.3, 0.4) is 0 Å². The van der Waals surface area contributed by atoms with Crippen molar-refractivity contribution in [2.45, 2.75) is 39.0 Å². The van der Waals surface area contributed by atoms with Crippen LogP contribution < -0.4 is 5.32 Å². The number of hydrogen-bond donors (Lipinski definition) is 2. The van der Waals surface area contributed by atoms with Gasteiger partial charge in [0.15, 0.2) is 0 Å². The number of carbonyl (C=O) groups is 1. The maximum Gasteiger partial charge on any atom is 0.314 e. The van der Waals surface area contributed by atoms with E-state index < -0.39 is 10.9 Å². The van der Waals surface area contributed by atoms with Gasteiger partial charge in [-0.1, -0.05) is 12.8 Å². The Morgan fingerprint density at radius 1 is 1.40 bits per heavy atom. The maximum absolute atomic E-state index is 11.0. The molecule has 0 aliphatic heterocycles. The number of aryl methyl sites for hydroxylation is 1. The molecule has 0 saturated heterocycles. The minimum atomic E-state index is -0.775. The molecule has 2 N–H and O–H groups in total. The first kappa shape index (κ1) is 15.9. The Morgan fingerprint density at radius 2 is 2.10 bits per heavy atom. The second-order valence-corrected chi connectivity index (χ2v) is 4.57. The molecule has 0 spiro atoms. The third-order valence-electron chi connectivity index (χ3n) is 2.92. The van der Waals surface area contributed by atoms with Crippen LogP contribution in [0.4, 0.5) is 11.5 Å². The first-order chi connectivity index (χ1) is 9.52. The molecule has 0 atom stereocenters. The number of hydrogen-bond acceptors (Lipinski definition) is 5. The van der Waals surface area contributed by atoms with Crippen LogP contribution in [0.5, 0.6) is 0 Å².